The maximum Gasteiger partial charge on any atom is 0.188 e. The molecule has 1 heterocycles. The molecule has 1 atom stereocenters. The fraction of sp³-hybridized carbons (Fsp3) is 0.300. The van der Waals surface area contributed by atoms with Crippen LogP contribution in [-0.4, -0.2) is 20.6 Å². The van der Waals surface area contributed by atoms with Gasteiger partial charge < -0.3 is 5.32 Å². The predicted molar refractivity (Wildman–Crippen MR) is 60.8 cm³/mol. The van der Waals surface area contributed by atoms with E-state index in [0.29, 0.717) is 17.4 Å². The van der Waals surface area contributed by atoms with Crippen molar-refractivity contribution in [3.8, 4) is 0 Å². The van der Waals surface area contributed by atoms with Gasteiger partial charge in [0.25, 0.3) is 0 Å². The van der Waals surface area contributed by atoms with Crippen molar-refractivity contribution < 1.29 is 4.39 Å². The SMILES string of the molecule is CC(NCc1nn[nH]n1)c1ccc(F)cc1Cl. The lowest BCUT2D eigenvalue weighted by Gasteiger charge is -2.14. The van der Waals surface area contributed by atoms with Crippen LogP contribution in [0.5, 0.6) is 0 Å². The highest BCUT2D eigenvalue weighted by Crippen LogP contribution is 2.23. The summed E-state index contributed by atoms with van der Waals surface area (Å²) in [6.07, 6.45) is 0. The van der Waals surface area contributed by atoms with E-state index >= 15 is 0 Å². The van der Waals surface area contributed by atoms with Gasteiger partial charge in [-0.2, -0.15) is 5.21 Å². The first-order chi connectivity index (χ1) is 8.16. The molecule has 17 heavy (non-hydrogen) atoms. The molecule has 0 bridgehead atoms. The number of benzene rings is 1. The molecule has 0 aliphatic rings. The van der Waals surface area contributed by atoms with Crippen molar-refractivity contribution >= 4 is 11.6 Å². The topological polar surface area (TPSA) is 66.5 Å². The van der Waals surface area contributed by atoms with Crippen molar-refractivity contribution in [3.63, 3.8) is 0 Å². The summed E-state index contributed by atoms with van der Waals surface area (Å²) < 4.78 is 12.9. The fourth-order valence-electron chi connectivity index (χ4n) is 1.46. The van der Waals surface area contributed by atoms with Crippen LogP contribution in [0, 0.1) is 5.82 Å². The van der Waals surface area contributed by atoms with Crippen molar-refractivity contribution in [2.45, 2.75) is 19.5 Å². The van der Waals surface area contributed by atoms with Gasteiger partial charge in [-0.3, -0.25) is 0 Å². The van der Waals surface area contributed by atoms with Gasteiger partial charge in [0, 0.05) is 11.1 Å². The maximum absolute atomic E-state index is 12.9. The largest absolute Gasteiger partial charge is 0.303 e. The number of hydrogen-bond acceptors (Lipinski definition) is 4. The molecule has 1 aromatic carbocycles. The second kappa shape index (κ2) is 5.20. The van der Waals surface area contributed by atoms with Gasteiger partial charge in [0.2, 0.25) is 0 Å². The van der Waals surface area contributed by atoms with Gasteiger partial charge in [-0.25, -0.2) is 4.39 Å². The van der Waals surface area contributed by atoms with Crippen LogP contribution >= 0.6 is 11.6 Å². The summed E-state index contributed by atoms with van der Waals surface area (Å²) in [5, 5.41) is 17.0. The molecule has 2 rings (SSSR count). The van der Waals surface area contributed by atoms with Crippen LogP contribution in [0.2, 0.25) is 5.02 Å². The Bertz CT molecular complexity index is 487. The number of aromatic nitrogens is 4. The van der Waals surface area contributed by atoms with Crippen molar-refractivity contribution in [2.24, 2.45) is 0 Å². The lowest BCUT2D eigenvalue weighted by molar-refractivity contribution is 0.557. The summed E-state index contributed by atoms with van der Waals surface area (Å²) >= 11 is 5.96. The molecule has 0 aliphatic heterocycles. The third-order valence-corrected chi connectivity index (χ3v) is 2.71. The molecule has 0 fully saturated rings. The second-order valence-electron chi connectivity index (χ2n) is 3.60. The number of nitrogens with zero attached hydrogens (tertiary/aromatic N) is 3. The summed E-state index contributed by atoms with van der Waals surface area (Å²) in [4.78, 5) is 0. The minimum absolute atomic E-state index is 0.0263. The van der Waals surface area contributed by atoms with Gasteiger partial charge >= 0.3 is 0 Å². The third-order valence-electron chi connectivity index (χ3n) is 2.38. The lowest BCUT2D eigenvalue weighted by atomic mass is 10.1. The number of rotatable bonds is 4. The van der Waals surface area contributed by atoms with Crippen LogP contribution in [0.1, 0.15) is 24.4 Å². The van der Waals surface area contributed by atoms with Crippen molar-refractivity contribution in [1.82, 2.24) is 25.9 Å². The quantitative estimate of drug-likeness (QED) is 0.875. The molecule has 0 spiro atoms. The third kappa shape index (κ3) is 2.98. The Morgan fingerprint density at radius 3 is 3.00 bits per heavy atom. The number of tetrazole rings is 1. The van der Waals surface area contributed by atoms with E-state index in [9.17, 15) is 4.39 Å². The molecular weight excluding hydrogens is 245 g/mol. The summed E-state index contributed by atoms with van der Waals surface area (Å²) in [5.74, 6) is 0.221. The second-order valence-corrected chi connectivity index (χ2v) is 4.00. The Morgan fingerprint density at radius 2 is 2.35 bits per heavy atom. The molecule has 0 saturated heterocycles. The summed E-state index contributed by atoms with van der Waals surface area (Å²) in [5.41, 5.74) is 0.830. The molecule has 0 amide bonds. The van der Waals surface area contributed by atoms with Gasteiger partial charge in [0.05, 0.1) is 6.54 Å². The molecule has 0 aliphatic carbocycles. The summed E-state index contributed by atoms with van der Waals surface area (Å²) in [7, 11) is 0. The highest BCUT2D eigenvalue weighted by molar-refractivity contribution is 6.31. The van der Waals surface area contributed by atoms with Gasteiger partial charge in [0.1, 0.15) is 5.82 Å². The van der Waals surface area contributed by atoms with Gasteiger partial charge in [-0.15, -0.1) is 10.2 Å². The van der Waals surface area contributed by atoms with Crippen molar-refractivity contribution in [3.05, 3.63) is 40.4 Å². The molecule has 90 valence electrons. The smallest absolute Gasteiger partial charge is 0.188 e. The zero-order valence-corrected chi connectivity index (χ0v) is 9.87. The minimum Gasteiger partial charge on any atom is -0.303 e. The Morgan fingerprint density at radius 1 is 1.53 bits per heavy atom. The van der Waals surface area contributed by atoms with E-state index in [-0.39, 0.29) is 11.9 Å². The molecule has 2 aromatic rings. The molecule has 0 radical (unpaired) electrons. The molecular formula is C10H11ClFN5. The average molecular weight is 256 g/mol. The first kappa shape index (κ1) is 11.9. The molecule has 7 heteroatoms. The van der Waals surface area contributed by atoms with E-state index in [0.717, 1.165) is 5.56 Å². The number of halogens is 2. The van der Waals surface area contributed by atoms with Crippen molar-refractivity contribution in [2.75, 3.05) is 0 Å². The number of H-pyrrole nitrogens is 1. The average Bonchev–Trinajstić information content (AvgIpc) is 2.78. The summed E-state index contributed by atoms with van der Waals surface area (Å²) in [6.45, 7) is 2.39. The number of nitrogens with one attached hydrogen (secondary N) is 2. The van der Waals surface area contributed by atoms with Gasteiger partial charge in [0.15, 0.2) is 5.82 Å². The Kier molecular flexibility index (Phi) is 3.65. The monoisotopic (exact) mass is 255 g/mol. The molecule has 0 saturated carbocycles. The Labute approximate surface area is 102 Å². The zero-order valence-electron chi connectivity index (χ0n) is 9.11. The highest BCUT2D eigenvalue weighted by Gasteiger charge is 2.10. The van der Waals surface area contributed by atoms with Gasteiger partial charge in [-0.1, -0.05) is 22.9 Å². The maximum atomic E-state index is 12.9. The standard InChI is InChI=1S/C10H11ClFN5/c1-6(13-5-10-14-16-17-15-10)8-3-2-7(12)4-9(8)11/h2-4,6,13H,5H2,1H3,(H,14,15,16,17). The van der Waals surface area contributed by atoms with Crippen LogP contribution < -0.4 is 5.32 Å². The van der Waals surface area contributed by atoms with Crippen LogP contribution in [0.15, 0.2) is 18.2 Å². The van der Waals surface area contributed by atoms with E-state index < -0.39 is 0 Å². The Hall–Kier alpha value is -1.53. The van der Waals surface area contributed by atoms with E-state index in [1.807, 2.05) is 6.92 Å². The minimum atomic E-state index is -0.343. The lowest BCUT2D eigenvalue weighted by Crippen LogP contribution is -2.19. The van der Waals surface area contributed by atoms with Crippen LogP contribution in [-0.2, 0) is 6.54 Å². The van der Waals surface area contributed by atoms with E-state index in [2.05, 4.69) is 25.9 Å². The Balaban J connectivity index is 2.01. The number of aromatic amines is 1. The first-order valence-electron chi connectivity index (χ1n) is 5.07. The first-order valence-corrected chi connectivity index (χ1v) is 5.45. The van der Waals surface area contributed by atoms with E-state index in [1.54, 1.807) is 6.07 Å². The van der Waals surface area contributed by atoms with Crippen LogP contribution in [0.3, 0.4) is 0 Å². The molecule has 1 unspecified atom stereocenters. The highest BCUT2D eigenvalue weighted by atomic mass is 35.5. The van der Waals surface area contributed by atoms with E-state index in [1.165, 1.54) is 12.1 Å². The van der Waals surface area contributed by atoms with Crippen molar-refractivity contribution in [1.29, 1.82) is 0 Å². The molecule has 2 N–H and O–H groups in total. The zero-order chi connectivity index (χ0) is 12.3. The molecule has 5 nitrogen and oxygen atoms in total. The van der Waals surface area contributed by atoms with Crippen LogP contribution in [0.25, 0.3) is 0 Å². The predicted octanol–water partition coefficient (Wildman–Crippen LogP) is 1.84. The number of hydrogen-bond donors (Lipinski definition) is 2. The normalized spacial score (nSPS) is 12.6. The fourth-order valence-corrected chi connectivity index (χ4v) is 1.80. The molecule has 1 aromatic heterocycles. The van der Waals surface area contributed by atoms with Crippen LogP contribution in [0.4, 0.5) is 4.39 Å². The van der Waals surface area contributed by atoms with Gasteiger partial charge in [-0.05, 0) is 24.6 Å². The summed E-state index contributed by atoms with van der Waals surface area (Å²) in [6, 6.07) is 4.31. The van der Waals surface area contributed by atoms with E-state index in [4.69, 9.17) is 11.6 Å².